The molecule has 1 amide bonds. The van der Waals surface area contributed by atoms with Crippen molar-refractivity contribution in [3.63, 3.8) is 0 Å². The van der Waals surface area contributed by atoms with Gasteiger partial charge < -0.3 is 10.6 Å². The second-order valence-corrected chi connectivity index (χ2v) is 6.26. The molecule has 0 spiro atoms. The van der Waals surface area contributed by atoms with E-state index in [0.29, 0.717) is 23.6 Å². The number of anilines is 2. The summed E-state index contributed by atoms with van der Waals surface area (Å²) in [5, 5.41) is 5.90. The molecule has 0 saturated heterocycles. The van der Waals surface area contributed by atoms with Crippen molar-refractivity contribution in [2.24, 2.45) is 0 Å². The molecule has 0 unspecified atom stereocenters. The Kier molecular flexibility index (Phi) is 5.49. The van der Waals surface area contributed by atoms with Gasteiger partial charge in [0.05, 0.1) is 10.6 Å². The van der Waals surface area contributed by atoms with Gasteiger partial charge in [-0.05, 0) is 42.8 Å². The molecular formula is C20H17ClFN3O. The van der Waals surface area contributed by atoms with Gasteiger partial charge in [0.15, 0.2) is 0 Å². The number of pyridine rings is 1. The average Bonchev–Trinajstić information content (AvgIpc) is 2.65. The molecule has 3 aromatic rings. The number of halogens is 2. The molecule has 2 aromatic carbocycles. The van der Waals surface area contributed by atoms with E-state index in [4.69, 9.17) is 11.6 Å². The fourth-order valence-corrected chi connectivity index (χ4v) is 2.49. The predicted molar refractivity (Wildman–Crippen MR) is 101 cm³/mol. The van der Waals surface area contributed by atoms with Crippen molar-refractivity contribution in [2.75, 3.05) is 5.32 Å². The summed E-state index contributed by atoms with van der Waals surface area (Å²) in [6.07, 6.45) is 1.48. The Labute approximate surface area is 156 Å². The minimum absolute atomic E-state index is 0.0297. The molecule has 3 rings (SSSR count). The van der Waals surface area contributed by atoms with Crippen LogP contribution in [0.1, 0.15) is 21.5 Å². The van der Waals surface area contributed by atoms with Gasteiger partial charge in [0, 0.05) is 18.4 Å². The van der Waals surface area contributed by atoms with E-state index in [1.807, 2.05) is 31.2 Å². The maximum Gasteiger partial charge on any atom is 0.253 e. The number of carbonyl (C=O) groups is 1. The second-order valence-electron chi connectivity index (χ2n) is 5.85. The minimum atomic E-state index is -0.481. The molecule has 0 aliphatic heterocycles. The number of amides is 1. The summed E-state index contributed by atoms with van der Waals surface area (Å²) >= 11 is 5.75. The van der Waals surface area contributed by atoms with Crippen molar-refractivity contribution < 1.29 is 9.18 Å². The zero-order valence-corrected chi connectivity index (χ0v) is 14.8. The standard InChI is InChI=1S/C20H17ClFN3O/c1-13-2-4-14(5-3-13)11-24-20(26)15-6-9-19(23-12-15)25-16-7-8-18(22)17(21)10-16/h2-10,12H,11H2,1H3,(H,23,25)(H,24,26). The maximum atomic E-state index is 13.2. The highest BCUT2D eigenvalue weighted by Gasteiger charge is 2.07. The SMILES string of the molecule is Cc1ccc(CNC(=O)c2ccc(Nc3ccc(F)c(Cl)c3)nc2)cc1. The third-order valence-corrected chi connectivity index (χ3v) is 4.08. The van der Waals surface area contributed by atoms with Crippen molar-refractivity contribution in [3.05, 3.63) is 88.3 Å². The summed E-state index contributed by atoms with van der Waals surface area (Å²) in [4.78, 5) is 16.4. The van der Waals surface area contributed by atoms with Crippen LogP contribution < -0.4 is 10.6 Å². The Morgan fingerprint density at radius 1 is 1.12 bits per heavy atom. The largest absolute Gasteiger partial charge is 0.348 e. The highest BCUT2D eigenvalue weighted by Crippen LogP contribution is 2.22. The maximum absolute atomic E-state index is 13.2. The van der Waals surface area contributed by atoms with Gasteiger partial charge in [0.2, 0.25) is 0 Å². The van der Waals surface area contributed by atoms with Crippen molar-refractivity contribution in [2.45, 2.75) is 13.5 Å². The number of rotatable bonds is 5. The van der Waals surface area contributed by atoms with Gasteiger partial charge in [0.1, 0.15) is 11.6 Å². The molecule has 4 nitrogen and oxygen atoms in total. The van der Waals surface area contributed by atoms with Crippen molar-refractivity contribution in [3.8, 4) is 0 Å². The number of hydrogen-bond acceptors (Lipinski definition) is 3. The lowest BCUT2D eigenvalue weighted by Crippen LogP contribution is -2.22. The number of carbonyl (C=O) groups excluding carboxylic acids is 1. The lowest BCUT2D eigenvalue weighted by Gasteiger charge is -2.08. The molecule has 1 aromatic heterocycles. The van der Waals surface area contributed by atoms with Crippen LogP contribution in [0.3, 0.4) is 0 Å². The number of aromatic nitrogens is 1. The Bertz CT molecular complexity index is 911. The van der Waals surface area contributed by atoms with Crippen LogP contribution >= 0.6 is 11.6 Å². The summed E-state index contributed by atoms with van der Waals surface area (Å²) in [6, 6.07) is 15.6. The zero-order chi connectivity index (χ0) is 18.5. The van der Waals surface area contributed by atoms with Crippen molar-refractivity contribution in [1.82, 2.24) is 10.3 Å². The van der Waals surface area contributed by atoms with Crippen LogP contribution in [-0.4, -0.2) is 10.9 Å². The molecule has 0 fully saturated rings. The first-order valence-electron chi connectivity index (χ1n) is 8.03. The van der Waals surface area contributed by atoms with Gasteiger partial charge in [-0.25, -0.2) is 9.37 Å². The molecule has 6 heteroatoms. The highest BCUT2D eigenvalue weighted by molar-refractivity contribution is 6.31. The van der Waals surface area contributed by atoms with E-state index in [1.165, 1.54) is 23.9 Å². The first-order valence-corrected chi connectivity index (χ1v) is 8.41. The molecule has 132 valence electrons. The number of nitrogens with one attached hydrogen (secondary N) is 2. The van der Waals surface area contributed by atoms with Crippen LogP contribution in [0.5, 0.6) is 0 Å². The average molecular weight is 370 g/mol. The van der Waals surface area contributed by atoms with E-state index in [9.17, 15) is 9.18 Å². The Morgan fingerprint density at radius 3 is 2.54 bits per heavy atom. The van der Waals surface area contributed by atoms with Gasteiger partial charge in [-0.2, -0.15) is 0 Å². The number of aryl methyl sites for hydroxylation is 1. The van der Waals surface area contributed by atoms with Gasteiger partial charge in [-0.1, -0.05) is 41.4 Å². The lowest BCUT2D eigenvalue weighted by atomic mass is 10.1. The highest BCUT2D eigenvalue weighted by atomic mass is 35.5. The first kappa shape index (κ1) is 17.9. The van der Waals surface area contributed by atoms with Crippen molar-refractivity contribution in [1.29, 1.82) is 0 Å². The van der Waals surface area contributed by atoms with E-state index in [2.05, 4.69) is 15.6 Å². The lowest BCUT2D eigenvalue weighted by molar-refractivity contribution is 0.0950. The number of hydrogen-bond donors (Lipinski definition) is 2. The monoisotopic (exact) mass is 369 g/mol. The Balaban J connectivity index is 1.60. The van der Waals surface area contributed by atoms with Crippen LogP contribution in [0.15, 0.2) is 60.8 Å². The fraction of sp³-hybridized carbons (Fsp3) is 0.100. The fourth-order valence-electron chi connectivity index (χ4n) is 2.31. The van der Waals surface area contributed by atoms with Crippen LogP contribution in [-0.2, 0) is 6.54 Å². The number of nitrogens with zero attached hydrogens (tertiary/aromatic N) is 1. The van der Waals surface area contributed by atoms with E-state index in [-0.39, 0.29) is 10.9 Å². The van der Waals surface area contributed by atoms with E-state index >= 15 is 0 Å². The van der Waals surface area contributed by atoms with Crippen LogP contribution in [0.25, 0.3) is 0 Å². The van der Waals surface area contributed by atoms with E-state index in [0.717, 1.165) is 5.56 Å². The topological polar surface area (TPSA) is 54.0 Å². The van der Waals surface area contributed by atoms with Crippen LogP contribution in [0, 0.1) is 12.7 Å². The molecular weight excluding hydrogens is 353 g/mol. The smallest absolute Gasteiger partial charge is 0.253 e. The van der Waals surface area contributed by atoms with Crippen LogP contribution in [0.4, 0.5) is 15.9 Å². The minimum Gasteiger partial charge on any atom is -0.348 e. The van der Waals surface area contributed by atoms with E-state index < -0.39 is 5.82 Å². The Morgan fingerprint density at radius 2 is 1.88 bits per heavy atom. The summed E-state index contributed by atoms with van der Waals surface area (Å²) in [7, 11) is 0. The Hall–Kier alpha value is -2.92. The molecule has 0 aliphatic carbocycles. The first-order chi connectivity index (χ1) is 12.5. The predicted octanol–water partition coefficient (Wildman–Crippen LogP) is 4.86. The van der Waals surface area contributed by atoms with E-state index in [1.54, 1.807) is 18.2 Å². The quantitative estimate of drug-likeness (QED) is 0.675. The normalized spacial score (nSPS) is 10.4. The number of benzene rings is 2. The molecule has 0 saturated carbocycles. The third kappa shape index (κ3) is 4.58. The second kappa shape index (κ2) is 7.97. The molecule has 0 bridgehead atoms. The summed E-state index contributed by atoms with van der Waals surface area (Å²) in [5.74, 6) is -0.150. The summed E-state index contributed by atoms with van der Waals surface area (Å²) in [5.41, 5.74) is 3.28. The molecule has 0 radical (unpaired) electrons. The molecule has 2 N–H and O–H groups in total. The molecule has 0 atom stereocenters. The van der Waals surface area contributed by atoms with Gasteiger partial charge in [-0.3, -0.25) is 4.79 Å². The summed E-state index contributed by atoms with van der Waals surface area (Å²) in [6.45, 7) is 2.47. The molecule has 26 heavy (non-hydrogen) atoms. The van der Waals surface area contributed by atoms with Gasteiger partial charge in [0.25, 0.3) is 5.91 Å². The zero-order valence-electron chi connectivity index (χ0n) is 14.1. The third-order valence-electron chi connectivity index (χ3n) is 3.79. The van der Waals surface area contributed by atoms with Crippen LogP contribution in [0.2, 0.25) is 5.02 Å². The molecule has 0 aliphatic rings. The van der Waals surface area contributed by atoms with Gasteiger partial charge >= 0.3 is 0 Å². The molecule has 1 heterocycles. The summed E-state index contributed by atoms with van der Waals surface area (Å²) < 4.78 is 13.2. The van der Waals surface area contributed by atoms with Crippen molar-refractivity contribution >= 4 is 29.0 Å². The van der Waals surface area contributed by atoms with Gasteiger partial charge in [-0.15, -0.1) is 0 Å².